The Balaban J connectivity index is 2.08. The normalized spacial score (nSPS) is 16.4. The summed E-state index contributed by atoms with van der Waals surface area (Å²) in [6, 6.07) is 9.13. The predicted octanol–water partition coefficient (Wildman–Crippen LogP) is 3.43. The molecule has 0 radical (unpaired) electrons. The maximum Gasteiger partial charge on any atom is 0.0181 e. The topological polar surface area (TPSA) is 0 Å². The molecule has 0 heterocycles. The number of benzene rings is 1. The van der Waals surface area contributed by atoms with E-state index in [9.17, 15) is 0 Å². The van der Waals surface area contributed by atoms with E-state index in [2.05, 4.69) is 30.5 Å². The third-order valence-corrected chi connectivity index (χ3v) is 2.96. The Morgan fingerprint density at radius 1 is 1.25 bits per heavy atom. The van der Waals surface area contributed by atoms with Crippen molar-refractivity contribution in [3.63, 3.8) is 0 Å². The molecule has 0 aliphatic heterocycles. The molecule has 1 heteroatoms. The molecule has 64 valence electrons. The van der Waals surface area contributed by atoms with Crippen molar-refractivity contribution < 1.29 is 0 Å². The van der Waals surface area contributed by atoms with Gasteiger partial charge in [0.25, 0.3) is 0 Å². The van der Waals surface area contributed by atoms with Gasteiger partial charge in [-0.1, -0.05) is 24.3 Å². The van der Waals surface area contributed by atoms with E-state index in [1.54, 1.807) is 5.56 Å². The minimum atomic E-state index is 0.897. The Hall–Kier alpha value is -0.430. The fourth-order valence-corrected chi connectivity index (χ4v) is 2.00. The third-order valence-electron chi connectivity index (χ3n) is 2.34. The van der Waals surface area contributed by atoms with E-state index in [0.717, 1.165) is 11.7 Å². The summed E-state index contributed by atoms with van der Waals surface area (Å²) in [5.74, 6) is 2.04. The Bertz CT molecular complexity index is 246. The maximum absolute atomic E-state index is 2.29. The van der Waals surface area contributed by atoms with Gasteiger partial charge < -0.3 is 0 Å². The Morgan fingerprint density at radius 2 is 1.92 bits per heavy atom. The van der Waals surface area contributed by atoms with Gasteiger partial charge in [0.2, 0.25) is 0 Å². The van der Waals surface area contributed by atoms with Crippen LogP contribution in [0.2, 0.25) is 0 Å². The minimum absolute atomic E-state index is 0.897. The summed E-state index contributed by atoms with van der Waals surface area (Å²) in [7, 11) is 0. The molecule has 0 saturated heterocycles. The molecule has 2 rings (SSSR count). The van der Waals surface area contributed by atoms with Crippen LogP contribution in [0.4, 0.5) is 0 Å². The van der Waals surface area contributed by atoms with Crippen molar-refractivity contribution in [1.82, 2.24) is 0 Å². The smallest absolute Gasteiger partial charge is 0.0181 e. The van der Waals surface area contributed by atoms with Crippen LogP contribution in [-0.2, 0) is 5.75 Å². The number of hydrogen-bond acceptors (Lipinski definition) is 1. The van der Waals surface area contributed by atoms with E-state index in [-0.39, 0.29) is 0 Å². The van der Waals surface area contributed by atoms with E-state index in [0.29, 0.717) is 0 Å². The standard InChI is InChI=1S/C11H14S/c1-12-8-9-2-4-10(5-3-9)11-6-7-11/h2-5,11H,6-8H2,1H3. The van der Waals surface area contributed by atoms with Crippen molar-refractivity contribution in [3.8, 4) is 0 Å². The van der Waals surface area contributed by atoms with E-state index >= 15 is 0 Å². The molecule has 0 atom stereocenters. The molecule has 0 nitrogen and oxygen atoms in total. The van der Waals surface area contributed by atoms with E-state index in [1.165, 1.54) is 18.4 Å². The van der Waals surface area contributed by atoms with Crippen molar-refractivity contribution in [1.29, 1.82) is 0 Å². The molecule has 1 aliphatic rings. The monoisotopic (exact) mass is 178 g/mol. The average molecular weight is 178 g/mol. The maximum atomic E-state index is 2.29. The van der Waals surface area contributed by atoms with Gasteiger partial charge in [0, 0.05) is 5.75 Å². The molecule has 12 heavy (non-hydrogen) atoms. The van der Waals surface area contributed by atoms with Crippen LogP contribution in [-0.4, -0.2) is 6.26 Å². The molecule has 1 saturated carbocycles. The molecular weight excluding hydrogens is 164 g/mol. The molecule has 1 fully saturated rings. The average Bonchev–Trinajstić information content (AvgIpc) is 2.89. The SMILES string of the molecule is CSCc1ccc(C2CC2)cc1. The zero-order valence-corrected chi connectivity index (χ0v) is 8.23. The van der Waals surface area contributed by atoms with Gasteiger partial charge >= 0.3 is 0 Å². The van der Waals surface area contributed by atoms with Crippen LogP contribution in [0.5, 0.6) is 0 Å². The lowest BCUT2D eigenvalue weighted by Gasteiger charge is -2.00. The Morgan fingerprint density at radius 3 is 2.42 bits per heavy atom. The summed E-state index contributed by atoms with van der Waals surface area (Å²) in [5.41, 5.74) is 2.99. The second-order valence-corrected chi connectivity index (χ2v) is 4.31. The van der Waals surface area contributed by atoms with Crippen LogP contribution in [0, 0.1) is 0 Å². The largest absolute Gasteiger partial charge is 0.161 e. The highest BCUT2D eigenvalue weighted by molar-refractivity contribution is 7.97. The molecule has 1 aromatic carbocycles. The van der Waals surface area contributed by atoms with Gasteiger partial charge in [-0.25, -0.2) is 0 Å². The number of thioether (sulfide) groups is 1. The third kappa shape index (κ3) is 1.84. The number of hydrogen-bond donors (Lipinski definition) is 0. The van der Waals surface area contributed by atoms with Gasteiger partial charge in [0.15, 0.2) is 0 Å². The molecule has 0 bridgehead atoms. The van der Waals surface area contributed by atoms with Crippen LogP contribution in [0.25, 0.3) is 0 Å². The fraction of sp³-hybridized carbons (Fsp3) is 0.455. The zero-order chi connectivity index (χ0) is 8.39. The highest BCUT2D eigenvalue weighted by Crippen LogP contribution is 2.39. The summed E-state index contributed by atoms with van der Waals surface area (Å²) in [6.45, 7) is 0. The van der Waals surface area contributed by atoms with E-state index in [1.807, 2.05) is 11.8 Å². The van der Waals surface area contributed by atoms with E-state index in [4.69, 9.17) is 0 Å². The lowest BCUT2D eigenvalue weighted by Crippen LogP contribution is -1.82. The molecular formula is C11H14S. The van der Waals surface area contributed by atoms with Crippen LogP contribution >= 0.6 is 11.8 Å². The van der Waals surface area contributed by atoms with Gasteiger partial charge in [-0.2, -0.15) is 11.8 Å². The molecule has 1 aromatic rings. The van der Waals surface area contributed by atoms with Crippen LogP contribution in [0.3, 0.4) is 0 Å². The molecule has 1 aliphatic carbocycles. The highest BCUT2D eigenvalue weighted by atomic mass is 32.2. The van der Waals surface area contributed by atoms with E-state index < -0.39 is 0 Å². The number of rotatable bonds is 3. The summed E-state index contributed by atoms with van der Waals surface area (Å²) >= 11 is 1.88. The molecule has 0 N–H and O–H groups in total. The van der Waals surface area contributed by atoms with Crippen LogP contribution in [0.1, 0.15) is 29.9 Å². The summed E-state index contributed by atoms with van der Waals surface area (Å²) in [6.07, 6.45) is 4.96. The first kappa shape index (κ1) is 8.18. The Kier molecular flexibility index (Phi) is 2.40. The minimum Gasteiger partial charge on any atom is -0.161 e. The second kappa shape index (κ2) is 3.53. The molecule has 0 aromatic heterocycles. The van der Waals surface area contributed by atoms with Gasteiger partial charge in [-0.15, -0.1) is 0 Å². The highest BCUT2D eigenvalue weighted by Gasteiger charge is 2.22. The first-order valence-corrected chi connectivity index (χ1v) is 5.87. The zero-order valence-electron chi connectivity index (χ0n) is 7.42. The van der Waals surface area contributed by atoms with Crippen molar-refractivity contribution >= 4 is 11.8 Å². The molecule has 0 amide bonds. The summed E-state index contributed by atoms with van der Waals surface area (Å²) < 4.78 is 0. The van der Waals surface area contributed by atoms with Gasteiger partial charge in [0.05, 0.1) is 0 Å². The summed E-state index contributed by atoms with van der Waals surface area (Å²) in [5, 5.41) is 0. The summed E-state index contributed by atoms with van der Waals surface area (Å²) in [4.78, 5) is 0. The van der Waals surface area contributed by atoms with Crippen molar-refractivity contribution in [3.05, 3.63) is 35.4 Å². The first-order valence-electron chi connectivity index (χ1n) is 4.48. The Labute approximate surface area is 78.4 Å². The van der Waals surface area contributed by atoms with Crippen molar-refractivity contribution in [2.75, 3.05) is 6.26 Å². The lowest BCUT2D eigenvalue weighted by molar-refractivity contribution is 1.12. The molecule has 0 spiro atoms. The van der Waals surface area contributed by atoms with Crippen molar-refractivity contribution in [2.45, 2.75) is 24.5 Å². The van der Waals surface area contributed by atoms with Crippen LogP contribution in [0.15, 0.2) is 24.3 Å². The van der Waals surface area contributed by atoms with Gasteiger partial charge in [-0.3, -0.25) is 0 Å². The second-order valence-electron chi connectivity index (χ2n) is 3.45. The van der Waals surface area contributed by atoms with Gasteiger partial charge in [-0.05, 0) is 36.1 Å². The van der Waals surface area contributed by atoms with Crippen LogP contribution < -0.4 is 0 Å². The predicted molar refractivity (Wildman–Crippen MR) is 55.6 cm³/mol. The lowest BCUT2D eigenvalue weighted by atomic mass is 10.1. The fourth-order valence-electron chi connectivity index (χ4n) is 1.47. The van der Waals surface area contributed by atoms with Crippen molar-refractivity contribution in [2.24, 2.45) is 0 Å². The quantitative estimate of drug-likeness (QED) is 0.683. The first-order chi connectivity index (χ1) is 5.90. The molecule has 0 unspecified atom stereocenters. The van der Waals surface area contributed by atoms with Gasteiger partial charge in [0.1, 0.15) is 0 Å².